The van der Waals surface area contributed by atoms with Gasteiger partial charge in [0.1, 0.15) is 11.5 Å². The van der Waals surface area contributed by atoms with Crippen LogP contribution < -0.4 is 25.0 Å². The molecule has 1 unspecified atom stereocenters. The van der Waals surface area contributed by atoms with Crippen LogP contribution in [0.15, 0.2) is 52.4 Å². The van der Waals surface area contributed by atoms with Gasteiger partial charge in [-0.25, -0.2) is 0 Å². The van der Waals surface area contributed by atoms with Gasteiger partial charge in [-0.3, -0.25) is 4.99 Å². The highest BCUT2D eigenvalue weighted by Gasteiger charge is 2.24. The lowest BCUT2D eigenvalue weighted by Gasteiger charge is -2.21. The Hall–Kier alpha value is -1.81. The Morgan fingerprint density at radius 3 is 2.37 bits per heavy atom. The molecule has 1 heterocycles. The van der Waals surface area contributed by atoms with Crippen LogP contribution in [0, 0.1) is 0 Å². The molecular weight excluding hydrogens is 511 g/mol. The number of nitrogens with one attached hydrogen (secondary N) is 2. The number of anilines is 1. The van der Waals surface area contributed by atoms with Gasteiger partial charge in [-0.05, 0) is 30.4 Å². The SMILES string of the molecule is CN=C(NCc1ccc(SC)cc1)NC1CCN(c2cc(OC)cc(OC)c2)C1.I. The highest BCUT2D eigenvalue weighted by molar-refractivity contribution is 14.0. The lowest BCUT2D eigenvalue weighted by Crippen LogP contribution is -2.44. The summed E-state index contributed by atoms with van der Waals surface area (Å²) in [5.74, 6) is 2.44. The van der Waals surface area contributed by atoms with Crippen molar-refractivity contribution in [3.05, 3.63) is 48.0 Å². The van der Waals surface area contributed by atoms with Crippen LogP contribution in [-0.2, 0) is 6.54 Å². The molecule has 0 spiro atoms. The zero-order valence-electron chi connectivity index (χ0n) is 18.0. The molecule has 2 aromatic rings. The molecular formula is C22H31IN4O2S. The fourth-order valence-electron chi connectivity index (χ4n) is 3.40. The van der Waals surface area contributed by atoms with Crippen molar-refractivity contribution in [1.29, 1.82) is 0 Å². The van der Waals surface area contributed by atoms with E-state index < -0.39 is 0 Å². The number of guanidine groups is 1. The summed E-state index contributed by atoms with van der Waals surface area (Å²) in [6.07, 6.45) is 3.13. The Bertz CT molecular complexity index is 810. The molecule has 0 aromatic heterocycles. The topological polar surface area (TPSA) is 58.1 Å². The minimum Gasteiger partial charge on any atom is -0.497 e. The number of thioether (sulfide) groups is 1. The number of hydrogen-bond acceptors (Lipinski definition) is 5. The highest BCUT2D eigenvalue weighted by atomic mass is 127. The summed E-state index contributed by atoms with van der Waals surface area (Å²) >= 11 is 1.75. The van der Waals surface area contributed by atoms with E-state index >= 15 is 0 Å². The fourth-order valence-corrected chi connectivity index (χ4v) is 3.81. The minimum absolute atomic E-state index is 0. The van der Waals surface area contributed by atoms with Crippen LogP contribution in [0.4, 0.5) is 5.69 Å². The van der Waals surface area contributed by atoms with Crippen molar-refractivity contribution in [3.8, 4) is 11.5 Å². The van der Waals surface area contributed by atoms with E-state index in [-0.39, 0.29) is 24.0 Å². The third kappa shape index (κ3) is 6.60. The van der Waals surface area contributed by atoms with Crippen molar-refractivity contribution in [2.24, 2.45) is 4.99 Å². The molecule has 0 radical (unpaired) electrons. The maximum Gasteiger partial charge on any atom is 0.191 e. The van der Waals surface area contributed by atoms with Gasteiger partial charge in [0.15, 0.2) is 5.96 Å². The number of nitrogens with zero attached hydrogens (tertiary/aromatic N) is 2. The zero-order chi connectivity index (χ0) is 20.6. The first-order valence-electron chi connectivity index (χ1n) is 9.73. The Morgan fingerprint density at radius 2 is 1.80 bits per heavy atom. The van der Waals surface area contributed by atoms with Crippen LogP contribution in [0.25, 0.3) is 0 Å². The third-order valence-corrected chi connectivity index (χ3v) is 5.82. The van der Waals surface area contributed by atoms with Crippen molar-refractivity contribution in [2.45, 2.75) is 23.9 Å². The van der Waals surface area contributed by atoms with Gasteiger partial charge in [-0.15, -0.1) is 35.7 Å². The van der Waals surface area contributed by atoms with E-state index in [1.165, 1.54) is 10.5 Å². The molecule has 1 aliphatic rings. The van der Waals surface area contributed by atoms with Crippen molar-refractivity contribution in [3.63, 3.8) is 0 Å². The summed E-state index contributed by atoms with van der Waals surface area (Å²) in [5, 5.41) is 6.96. The van der Waals surface area contributed by atoms with Gasteiger partial charge in [-0.1, -0.05) is 12.1 Å². The molecule has 2 N–H and O–H groups in total. The largest absolute Gasteiger partial charge is 0.497 e. The van der Waals surface area contributed by atoms with Crippen molar-refractivity contribution in [1.82, 2.24) is 10.6 Å². The van der Waals surface area contributed by atoms with Gasteiger partial charge in [-0.2, -0.15) is 0 Å². The van der Waals surface area contributed by atoms with Crippen molar-refractivity contribution < 1.29 is 9.47 Å². The maximum atomic E-state index is 5.40. The summed E-state index contributed by atoms with van der Waals surface area (Å²) in [6, 6.07) is 14.9. The second-order valence-corrected chi connectivity index (χ2v) is 7.80. The van der Waals surface area contributed by atoms with Crippen LogP contribution in [-0.4, -0.2) is 52.6 Å². The molecule has 2 aromatic carbocycles. The summed E-state index contributed by atoms with van der Waals surface area (Å²) in [6.45, 7) is 2.62. The maximum absolute atomic E-state index is 5.40. The standard InChI is InChI=1S/C22H30N4O2S.HI/c1-23-22(24-14-16-5-7-21(29-4)8-6-16)25-17-9-10-26(15-17)18-11-19(27-2)13-20(12-18)28-3;/h5-8,11-13,17H,9-10,14-15H2,1-4H3,(H2,23,24,25);1H. The number of rotatable bonds is 7. The van der Waals surface area contributed by atoms with Gasteiger partial charge in [0.2, 0.25) is 0 Å². The van der Waals surface area contributed by atoms with Gasteiger partial charge < -0.3 is 25.0 Å². The first kappa shape index (κ1) is 24.5. The van der Waals surface area contributed by atoms with Crippen molar-refractivity contribution >= 4 is 47.4 Å². The summed E-state index contributed by atoms with van der Waals surface area (Å²) in [5.41, 5.74) is 2.35. The lowest BCUT2D eigenvalue weighted by molar-refractivity contribution is 0.394. The number of aliphatic imine (C=N–C) groups is 1. The Balaban J connectivity index is 0.00000320. The zero-order valence-corrected chi connectivity index (χ0v) is 21.1. The number of halogens is 1. The third-order valence-electron chi connectivity index (χ3n) is 5.07. The van der Waals surface area contributed by atoms with E-state index in [4.69, 9.17) is 9.47 Å². The van der Waals surface area contributed by atoms with Crippen LogP contribution >= 0.6 is 35.7 Å². The smallest absolute Gasteiger partial charge is 0.191 e. The van der Waals surface area contributed by atoms with Crippen molar-refractivity contribution in [2.75, 3.05) is 45.5 Å². The van der Waals surface area contributed by atoms with E-state index in [0.717, 1.165) is 49.2 Å². The van der Waals surface area contributed by atoms with E-state index in [1.54, 1.807) is 26.0 Å². The first-order chi connectivity index (χ1) is 14.1. The monoisotopic (exact) mass is 542 g/mol. The number of hydrogen-bond donors (Lipinski definition) is 2. The predicted octanol–water partition coefficient (Wildman–Crippen LogP) is 3.99. The predicted molar refractivity (Wildman–Crippen MR) is 137 cm³/mol. The van der Waals surface area contributed by atoms with Gasteiger partial charge >= 0.3 is 0 Å². The summed E-state index contributed by atoms with van der Waals surface area (Å²) in [4.78, 5) is 8.00. The van der Waals surface area contributed by atoms with Gasteiger partial charge in [0.25, 0.3) is 0 Å². The quantitative estimate of drug-likeness (QED) is 0.239. The van der Waals surface area contributed by atoms with Crippen LogP contribution in [0.5, 0.6) is 11.5 Å². The molecule has 3 rings (SSSR count). The lowest BCUT2D eigenvalue weighted by atomic mass is 10.2. The molecule has 0 aliphatic carbocycles. The molecule has 164 valence electrons. The summed E-state index contributed by atoms with van der Waals surface area (Å²) < 4.78 is 10.8. The average molecular weight is 542 g/mol. The molecule has 1 fully saturated rings. The Morgan fingerprint density at radius 1 is 1.13 bits per heavy atom. The summed E-state index contributed by atoms with van der Waals surface area (Å²) in [7, 11) is 5.17. The Kier molecular flexibility index (Phi) is 9.90. The van der Waals surface area contributed by atoms with Gasteiger partial charge in [0, 0.05) is 61.5 Å². The van der Waals surface area contributed by atoms with Crippen LogP contribution in [0.2, 0.25) is 0 Å². The van der Waals surface area contributed by atoms with E-state index in [9.17, 15) is 0 Å². The molecule has 0 bridgehead atoms. The molecule has 8 heteroatoms. The second kappa shape index (κ2) is 12.1. The van der Waals surface area contributed by atoms with Crippen LogP contribution in [0.1, 0.15) is 12.0 Å². The molecule has 0 saturated carbocycles. The molecule has 1 saturated heterocycles. The molecule has 0 amide bonds. The average Bonchev–Trinajstić information content (AvgIpc) is 3.25. The first-order valence-corrected chi connectivity index (χ1v) is 11.0. The van der Waals surface area contributed by atoms with Crippen LogP contribution in [0.3, 0.4) is 0 Å². The van der Waals surface area contributed by atoms with E-state index in [2.05, 4.69) is 63.2 Å². The number of ether oxygens (including phenoxy) is 2. The van der Waals surface area contributed by atoms with E-state index in [1.807, 2.05) is 13.1 Å². The second-order valence-electron chi connectivity index (χ2n) is 6.92. The minimum atomic E-state index is 0. The van der Waals surface area contributed by atoms with E-state index in [0.29, 0.717) is 6.04 Å². The molecule has 30 heavy (non-hydrogen) atoms. The molecule has 1 aliphatic heterocycles. The Labute approximate surface area is 200 Å². The van der Waals surface area contributed by atoms with Gasteiger partial charge in [0.05, 0.1) is 14.2 Å². The molecule has 6 nitrogen and oxygen atoms in total. The normalized spacial score (nSPS) is 16.1. The fraction of sp³-hybridized carbons (Fsp3) is 0.409. The number of methoxy groups -OCH3 is 2. The number of benzene rings is 2. The highest BCUT2D eigenvalue weighted by Crippen LogP contribution is 2.30. The molecule has 1 atom stereocenters.